The highest BCUT2D eigenvalue weighted by molar-refractivity contribution is 7.27. The van der Waals surface area contributed by atoms with Crippen molar-refractivity contribution in [2.75, 3.05) is 26.3 Å². The predicted molar refractivity (Wildman–Crippen MR) is 127 cm³/mol. The Morgan fingerprint density at radius 2 is 1.88 bits per heavy atom. The number of carbonyl (C=O) groups excluding carboxylic acids is 1. The van der Waals surface area contributed by atoms with Gasteiger partial charge in [-0.05, 0) is 40.2 Å². The molecule has 0 radical (unpaired) electrons. The van der Waals surface area contributed by atoms with E-state index in [0.717, 1.165) is 48.3 Å². The van der Waals surface area contributed by atoms with Gasteiger partial charge in [0.25, 0.3) is 0 Å². The van der Waals surface area contributed by atoms with E-state index in [2.05, 4.69) is 24.4 Å². The first-order valence-electron chi connectivity index (χ1n) is 10.7. The Bertz CT molecular complexity index is 1070. The fourth-order valence-electron chi connectivity index (χ4n) is 3.72. The number of halogens is 1. The van der Waals surface area contributed by atoms with Crippen LogP contribution >= 0.6 is 9.24 Å². The van der Waals surface area contributed by atoms with E-state index >= 15 is 0 Å². The van der Waals surface area contributed by atoms with Crippen molar-refractivity contribution in [2.45, 2.75) is 19.5 Å². The number of nitrogens with zero attached hydrogens (tertiary/aromatic N) is 2. The highest BCUT2D eigenvalue weighted by atomic mass is 31.0. The first-order valence-corrected chi connectivity index (χ1v) is 11.3. The smallest absolute Gasteiger partial charge is 0.224 e. The standard InChI is InChI=1S/C25H27FN3O2P/c26-23-13-20(17-29-8-10-31-11-9-29)4-6-22(23)24-7-5-19(15-27-24)14-25(30)28-16-18-2-1-3-21(32)12-18/h1-7,12-13,15H,8-11,14,16-17,32H2,(H,28,30). The number of morpholine rings is 1. The van der Waals surface area contributed by atoms with Gasteiger partial charge in [-0.25, -0.2) is 4.39 Å². The minimum atomic E-state index is -0.287. The molecule has 1 aromatic heterocycles. The molecular formula is C25H27FN3O2P. The van der Waals surface area contributed by atoms with Crippen LogP contribution in [0.15, 0.2) is 60.8 Å². The molecule has 1 amide bonds. The first kappa shape index (κ1) is 22.5. The van der Waals surface area contributed by atoms with Gasteiger partial charge in [0.15, 0.2) is 0 Å². The summed E-state index contributed by atoms with van der Waals surface area (Å²) in [7, 11) is 2.65. The molecule has 1 unspecified atom stereocenters. The van der Waals surface area contributed by atoms with E-state index < -0.39 is 0 Å². The van der Waals surface area contributed by atoms with Crippen LogP contribution in [-0.2, 0) is 29.0 Å². The second-order valence-corrected chi connectivity index (χ2v) is 8.62. The molecular weight excluding hydrogens is 424 g/mol. The summed E-state index contributed by atoms with van der Waals surface area (Å²) in [5.74, 6) is -0.363. The lowest BCUT2D eigenvalue weighted by atomic mass is 10.1. The van der Waals surface area contributed by atoms with E-state index in [4.69, 9.17) is 4.74 Å². The second kappa shape index (κ2) is 10.8. The fraction of sp³-hybridized carbons (Fsp3) is 0.280. The third-order valence-corrected chi connectivity index (χ3v) is 5.81. The molecule has 0 saturated carbocycles. The molecule has 0 bridgehead atoms. The van der Waals surface area contributed by atoms with Crippen LogP contribution in [0.1, 0.15) is 16.7 Å². The van der Waals surface area contributed by atoms with Crippen molar-refractivity contribution in [2.24, 2.45) is 0 Å². The van der Waals surface area contributed by atoms with Crippen molar-refractivity contribution < 1.29 is 13.9 Å². The Labute approximate surface area is 190 Å². The molecule has 5 nitrogen and oxygen atoms in total. The van der Waals surface area contributed by atoms with Crippen LogP contribution in [0.2, 0.25) is 0 Å². The second-order valence-electron chi connectivity index (χ2n) is 7.95. The molecule has 1 saturated heterocycles. The largest absolute Gasteiger partial charge is 0.379 e. The average Bonchev–Trinajstić information content (AvgIpc) is 2.79. The van der Waals surface area contributed by atoms with Gasteiger partial charge in [-0.2, -0.15) is 0 Å². The Kier molecular flexibility index (Phi) is 7.59. The van der Waals surface area contributed by atoms with Crippen molar-refractivity contribution in [3.05, 3.63) is 83.3 Å². The number of pyridine rings is 1. The van der Waals surface area contributed by atoms with Crippen LogP contribution in [0.5, 0.6) is 0 Å². The third-order valence-electron chi connectivity index (χ3n) is 5.45. The number of hydrogen-bond donors (Lipinski definition) is 1. The van der Waals surface area contributed by atoms with Crippen LogP contribution in [0, 0.1) is 5.82 Å². The summed E-state index contributed by atoms with van der Waals surface area (Å²) in [5, 5.41) is 4.00. The average molecular weight is 451 g/mol. The maximum atomic E-state index is 14.7. The summed E-state index contributed by atoms with van der Waals surface area (Å²) in [4.78, 5) is 18.9. The van der Waals surface area contributed by atoms with Gasteiger partial charge in [0.2, 0.25) is 5.91 Å². The SMILES string of the molecule is O=C(Cc1ccc(-c2ccc(CN3CCOCC3)cc2F)nc1)NCc1cccc(P)c1. The van der Waals surface area contributed by atoms with Gasteiger partial charge in [0.1, 0.15) is 5.82 Å². The van der Waals surface area contributed by atoms with E-state index in [9.17, 15) is 9.18 Å². The lowest BCUT2D eigenvalue weighted by molar-refractivity contribution is -0.120. The third kappa shape index (κ3) is 6.19. The zero-order valence-electron chi connectivity index (χ0n) is 17.9. The molecule has 4 rings (SSSR count). The van der Waals surface area contributed by atoms with E-state index in [0.29, 0.717) is 24.3 Å². The topological polar surface area (TPSA) is 54.5 Å². The molecule has 1 N–H and O–H groups in total. The lowest BCUT2D eigenvalue weighted by Gasteiger charge is -2.26. The highest BCUT2D eigenvalue weighted by Gasteiger charge is 2.13. The zero-order chi connectivity index (χ0) is 22.3. The number of rotatable bonds is 7. The summed E-state index contributed by atoms with van der Waals surface area (Å²) >= 11 is 0. The maximum Gasteiger partial charge on any atom is 0.224 e. The molecule has 2 heterocycles. The molecule has 32 heavy (non-hydrogen) atoms. The van der Waals surface area contributed by atoms with Crippen LogP contribution in [-0.4, -0.2) is 42.1 Å². The van der Waals surface area contributed by atoms with Gasteiger partial charge >= 0.3 is 0 Å². The zero-order valence-corrected chi connectivity index (χ0v) is 19.0. The van der Waals surface area contributed by atoms with Crippen molar-refractivity contribution in [3.63, 3.8) is 0 Å². The van der Waals surface area contributed by atoms with Gasteiger partial charge in [-0.15, -0.1) is 9.24 Å². The Hall–Kier alpha value is -2.66. The van der Waals surface area contributed by atoms with Crippen LogP contribution < -0.4 is 10.6 Å². The summed E-state index contributed by atoms with van der Waals surface area (Å²) in [6.07, 6.45) is 1.87. The maximum absolute atomic E-state index is 14.7. The lowest BCUT2D eigenvalue weighted by Crippen LogP contribution is -2.35. The van der Waals surface area contributed by atoms with Crippen LogP contribution in [0.4, 0.5) is 4.39 Å². The Morgan fingerprint density at radius 3 is 2.59 bits per heavy atom. The van der Waals surface area contributed by atoms with Crippen molar-refractivity contribution >= 4 is 20.5 Å². The Balaban J connectivity index is 1.34. The number of amides is 1. The molecule has 0 aliphatic carbocycles. The predicted octanol–water partition coefficient (Wildman–Crippen LogP) is 3.08. The summed E-state index contributed by atoms with van der Waals surface area (Å²) in [5.41, 5.74) is 3.79. The monoisotopic (exact) mass is 451 g/mol. The van der Waals surface area contributed by atoms with Gasteiger partial charge in [-0.3, -0.25) is 14.7 Å². The molecule has 0 spiro atoms. The number of carbonyl (C=O) groups is 1. The van der Waals surface area contributed by atoms with E-state index in [1.807, 2.05) is 36.4 Å². The number of hydrogen-bond acceptors (Lipinski definition) is 4. The quantitative estimate of drug-likeness (QED) is 0.561. The molecule has 2 aromatic carbocycles. The molecule has 3 aromatic rings. The molecule has 166 valence electrons. The summed E-state index contributed by atoms with van der Waals surface area (Å²) in [6.45, 7) is 4.37. The first-order chi connectivity index (χ1) is 15.6. The minimum absolute atomic E-state index is 0.0765. The normalized spacial score (nSPS) is 14.3. The molecule has 1 fully saturated rings. The fourth-order valence-corrected chi connectivity index (χ4v) is 4.05. The van der Waals surface area contributed by atoms with Crippen LogP contribution in [0.25, 0.3) is 11.3 Å². The van der Waals surface area contributed by atoms with E-state index in [-0.39, 0.29) is 18.1 Å². The Morgan fingerprint density at radius 1 is 1.06 bits per heavy atom. The summed E-state index contributed by atoms with van der Waals surface area (Å²) in [6, 6.07) is 16.8. The molecule has 1 atom stereocenters. The van der Waals surface area contributed by atoms with Gasteiger partial charge in [0, 0.05) is 37.9 Å². The molecule has 1 aliphatic rings. The number of ether oxygens (including phenoxy) is 1. The van der Waals surface area contributed by atoms with E-state index in [1.165, 1.54) is 0 Å². The number of aromatic nitrogens is 1. The van der Waals surface area contributed by atoms with Crippen LogP contribution in [0.3, 0.4) is 0 Å². The minimum Gasteiger partial charge on any atom is -0.379 e. The van der Waals surface area contributed by atoms with Crippen molar-refractivity contribution in [1.82, 2.24) is 15.2 Å². The number of nitrogens with one attached hydrogen (secondary N) is 1. The van der Waals surface area contributed by atoms with Gasteiger partial charge < -0.3 is 10.1 Å². The number of benzene rings is 2. The van der Waals surface area contributed by atoms with Gasteiger partial charge in [0.05, 0.1) is 25.3 Å². The summed E-state index contributed by atoms with van der Waals surface area (Å²) < 4.78 is 20.1. The van der Waals surface area contributed by atoms with E-state index in [1.54, 1.807) is 24.4 Å². The highest BCUT2D eigenvalue weighted by Crippen LogP contribution is 2.23. The molecule has 7 heteroatoms. The molecule has 1 aliphatic heterocycles. The van der Waals surface area contributed by atoms with Crippen molar-refractivity contribution in [3.8, 4) is 11.3 Å². The van der Waals surface area contributed by atoms with Gasteiger partial charge in [-0.1, -0.05) is 36.4 Å². The van der Waals surface area contributed by atoms with Crippen molar-refractivity contribution in [1.29, 1.82) is 0 Å².